The number of rotatable bonds is 1. The summed E-state index contributed by atoms with van der Waals surface area (Å²) in [7, 11) is 0. The molecule has 0 fully saturated rings. The largest absolute Gasteiger partial charge is 0.382 e. The summed E-state index contributed by atoms with van der Waals surface area (Å²) in [6.45, 7) is 0. The Bertz CT molecular complexity index is 314. The molecule has 1 aliphatic rings. The molecule has 1 aromatic rings. The lowest BCUT2D eigenvalue weighted by Gasteiger charge is -2.11. The molecule has 1 aromatic carbocycles. The van der Waals surface area contributed by atoms with Gasteiger partial charge in [-0.3, -0.25) is 0 Å². The van der Waals surface area contributed by atoms with Crippen LogP contribution in [-0.4, -0.2) is 0 Å². The van der Waals surface area contributed by atoms with Crippen molar-refractivity contribution in [2.45, 2.75) is 0 Å². The van der Waals surface area contributed by atoms with Gasteiger partial charge in [0.2, 0.25) is 0 Å². The first-order chi connectivity index (χ1) is 5.97. The Kier molecular flexibility index (Phi) is 1.82. The summed E-state index contributed by atoms with van der Waals surface area (Å²) in [5.41, 5.74) is 3.76. The Hall–Kier alpha value is -1.70. The van der Waals surface area contributed by atoms with Gasteiger partial charge in [0.05, 0.1) is 0 Å². The molecule has 60 valence electrons. The summed E-state index contributed by atoms with van der Waals surface area (Å²) in [6, 6.07) is 9.96. The summed E-state index contributed by atoms with van der Waals surface area (Å²) in [5, 5.41) is 0. The highest BCUT2D eigenvalue weighted by molar-refractivity contribution is 5.61. The van der Waals surface area contributed by atoms with Crippen molar-refractivity contribution in [2.24, 2.45) is 0 Å². The van der Waals surface area contributed by atoms with Crippen LogP contribution in [0.4, 0.5) is 0 Å². The lowest BCUT2D eigenvalue weighted by molar-refractivity contribution is 0.198. The molecule has 0 atom stereocenters. The Balaban J connectivity index is 2.31. The third-order valence-electron chi connectivity index (χ3n) is 1.64. The third-order valence-corrected chi connectivity index (χ3v) is 1.64. The first-order valence-corrected chi connectivity index (χ1v) is 3.81. The van der Waals surface area contributed by atoms with E-state index >= 15 is 0 Å². The van der Waals surface area contributed by atoms with Crippen LogP contribution in [0.1, 0.15) is 5.56 Å². The number of allylic oxidation sites excluding steroid dienone is 2. The summed E-state index contributed by atoms with van der Waals surface area (Å²) >= 11 is 0. The monoisotopic (exact) mass is 159 g/mol. The average molecular weight is 159 g/mol. The summed E-state index contributed by atoms with van der Waals surface area (Å²) in [6.07, 6.45) is 5.57. The molecule has 12 heavy (non-hydrogen) atoms. The van der Waals surface area contributed by atoms with Gasteiger partial charge in [-0.2, -0.15) is 0 Å². The number of benzene rings is 1. The van der Waals surface area contributed by atoms with Crippen LogP contribution < -0.4 is 5.48 Å². The maximum absolute atomic E-state index is 5.19. The molecular weight excluding hydrogens is 150 g/mol. The van der Waals surface area contributed by atoms with E-state index in [-0.39, 0.29) is 0 Å². The average Bonchev–Trinajstić information content (AvgIpc) is 2.21. The minimum absolute atomic E-state index is 0.845. The topological polar surface area (TPSA) is 21.3 Å². The van der Waals surface area contributed by atoms with E-state index in [1.54, 1.807) is 6.20 Å². The van der Waals surface area contributed by atoms with Gasteiger partial charge < -0.3 is 4.84 Å². The first-order valence-electron chi connectivity index (χ1n) is 3.81. The van der Waals surface area contributed by atoms with Gasteiger partial charge in [-0.15, -0.1) is 0 Å². The number of hydrogen-bond donors (Lipinski definition) is 1. The van der Waals surface area contributed by atoms with Gasteiger partial charge in [-0.05, 0) is 12.2 Å². The first kappa shape index (κ1) is 6.98. The van der Waals surface area contributed by atoms with Crippen molar-refractivity contribution < 1.29 is 4.84 Å². The second-order valence-electron chi connectivity index (χ2n) is 2.48. The molecule has 1 N–H and O–H groups in total. The molecule has 2 heteroatoms. The van der Waals surface area contributed by atoms with Crippen LogP contribution in [0.15, 0.2) is 48.7 Å². The van der Waals surface area contributed by atoms with Gasteiger partial charge in [0.15, 0.2) is 5.76 Å². The Morgan fingerprint density at radius 2 is 1.92 bits per heavy atom. The molecule has 0 radical (unpaired) electrons. The predicted octanol–water partition coefficient (Wildman–Crippen LogP) is 2.08. The highest BCUT2D eigenvalue weighted by Crippen LogP contribution is 2.15. The highest BCUT2D eigenvalue weighted by Gasteiger charge is 2.01. The number of nitrogens with one attached hydrogen (secondary N) is 1. The molecule has 0 unspecified atom stereocenters. The van der Waals surface area contributed by atoms with E-state index in [4.69, 9.17) is 4.84 Å². The van der Waals surface area contributed by atoms with E-state index in [2.05, 4.69) is 5.48 Å². The van der Waals surface area contributed by atoms with Gasteiger partial charge in [-0.1, -0.05) is 30.3 Å². The van der Waals surface area contributed by atoms with Crippen molar-refractivity contribution in [2.75, 3.05) is 0 Å². The third kappa shape index (κ3) is 1.32. The van der Waals surface area contributed by atoms with Crippen LogP contribution in [0.25, 0.3) is 5.76 Å². The molecule has 0 spiro atoms. The molecule has 1 heterocycles. The smallest absolute Gasteiger partial charge is 0.162 e. The van der Waals surface area contributed by atoms with Crippen molar-refractivity contribution in [3.05, 3.63) is 54.2 Å². The molecule has 0 aliphatic carbocycles. The molecule has 0 saturated carbocycles. The molecule has 0 saturated heterocycles. The second kappa shape index (κ2) is 3.13. The zero-order chi connectivity index (χ0) is 8.23. The van der Waals surface area contributed by atoms with Crippen LogP contribution in [0.3, 0.4) is 0 Å². The molecule has 0 aromatic heterocycles. The molecule has 0 amide bonds. The van der Waals surface area contributed by atoms with E-state index in [1.165, 1.54) is 0 Å². The van der Waals surface area contributed by atoms with E-state index in [0.717, 1.165) is 11.3 Å². The van der Waals surface area contributed by atoms with Crippen molar-refractivity contribution in [1.29, 1.82) is 0 Å². The summed E-state index contributed by atoms with van der Waals surface area (Å²) in [5.74, 6) is 0.845. The quantitative estimate of drug-likeness (QED) is 0.677. The van der Waals surface area contributed by atoms with Gasteiger partial charge in [-0.25, -0.2) is 5.48 Å². The molecule has 1 aliphatic heterocycles. The second-order valence-corrected chi connectivity index (χ2v) is 2.48. The minimum atomic E-state index is 0.845. The van der Waals surface area contributed by atoms with Crippen molar-refractivity contribution >= 4 is 5.76 Å². The minimum Gasteiger partial charge on any atom is -0.382 e. The van der Waals surface area contributed by atoms with E-state index < -0.39 is 0 Å². The predicted molar refractivity (Wildman–Crippen MR) is 47.8 cm³/mol. The van der Waals surface area contributed by atoms with Gasteiger partial charge in [0.1, 0.15) is 0 Å². The lowest BCUT2D eigenvalue weighted by Crippen LogP contribution is -2.08. The fourth-order valence-corrected chi connectivity index (χ4v) is 1.06. The standard InChI is InChI=1S/C10H9NO/c1-2-5-9(6-3-1)10-7-4-8-11-12-10/h1-8,11H. The molecule has 2 nitrogen and oxygen atoms in total. The van der Waals surface area contributed by atoms with Crippen LogP contribution in [0, 0.1) is 0 Å². The summed E-state index contributed by atoms with van der Waals surface area (Å²) < 4.78 is 0. The maximum atomic E-state index is 5.19. The Morgan fingerprint density at radius 1 is 1.08 bits per heavy atom. The van der Waals surface area contributed by atoms with E-state index in [1.807, 2.05) is 42.5 Å². The van der Waals surface area contributed by atoms with E-state index in [9.17, 15) is 0 Å². The van der Waals surface area contributed by atoms with Crippen molar-refractivity contribution in [3.8, 4) is 0 Å². The normalized spacial score (nSPS) is 14.5. The zero-order valence-corrected chi connectivity index (χ0v) is 6.53. The fourth-order valence-electron chi connectivity index (χ4n) is 1.06. The Morgan fingerprint density at radius 3 is 2.58 bits per heavy atom. The van der Waals surface area contributed by atoms with Crippen LogP contribution >= 0.6 is 0 Å². The molecular formula is C10H9NO. The van der Waals surface area contributed by atoms with Crippen LogP contribution in [-0.2, 0) is 4.84 Å². The summed E-state index contributed by atoms with van der Waals surface area (Å²) in [4.78, 5) is 5.19. The number of hydroxylamine groups is 1. The highest BCUT2D eigenvalue weighted by atomic mass is 16.6. The lowest BCUT2D eigenvalue weighted by atomic mass is 10.2. The fraction of sp³-hybridized carbons (Fsp3) is 0. The van der Waals surface area contributed by atoms with Crippen molar-refractivity contribution in [1.82, 2.24) is 5.48 Å². The Labute approximate surface area is 71.1 Å². The zero-order valence-electron chi connectivity index (χ0n) is 6.53. The number of hydrogen-bond acceptors (Lipinski definition) is 2. The van der Waals surface area contributed by atoms with Gasteiger partial charge >= 0.3 is 0 Å². The van der Waals surface area contributed by atoms with Crippen LogP contribution in [0.2, 0.25) is 0 Å². The maximum Gasteiger partial charge on any atom is 0.162 e. The van der Waals surface area contributed by atoms with E-state index in [0.29, 0.717) is 0 Å². The van der Waals surface area contributed by atoms with Gasteiger partial charge in [0.25, 0.3) is 0 Å². The molecule has 2 rings (SSSR count). The molecule has 0 bridgehead atoms. The van der Waals surface area contributed by atoms with Crippen LogP contribution in [0.5, 0.6) is 0 Å². The van der Waals surface area contributed by atoms with Crippen molar-refractivity contribution in [3.63, 3.8) is 0 Å². The SMILES string of the molecule is C1=CNOC(c2ccccc2)=C1. The van der Waals surface area contributed by atoms with Gasteiger partial charge in [0, 0.05) is 11.8 Å².